The highest BCUT2D eigenvalue weighted by molar-refractivity contribution is 6.19. The van der Waals surface area contributed by atoms with Gasteiger partial charge in [-0.1, -0.05) is 0 Å². The maximum Gasteiger partial charge on any atom is 0.269 e. The summed E-state index contributed by atoms with van der Waals surface area (Å²) in [7, 11) is 3.63. The molecule has 17 heavy (non-hydrogen) atoms. The fourth-order valence-corrected chi connectivity index (χ4v) is 1.39. The van der Waals surface area contributed by atoms with Crippen molar-refractivity contribution in [1.29, 1.82) is 0 Å². The Balaban J connectivity index is 3.13. The monoisotopic (exact) mass is 234 g/mol. The molecule has 0 atom stereocenters. The van der Waals surface area contributed by atoms with Crippen molar-refractivity contribution in [1.82, 2.24) is 4.90 Å². The number of hydrogen-bond donors (Lipinski definition) is 0. The molecular weight excluding hydrogens is 220 g/mol. The molecule has 0 aliphatic rings. The summed E-state index contributed by atoms with van der Waals surface area (Å²) in [4.78, 5) is 23.3. The molecule has 0 aliphatic carbocycles. The Labute approximate surface area is 99.5 Å². The lowest BCUT2D eigenvalue weighted by Crippen LogP contribution is -2.06. The third-order valence-corrected chi connectivity index (χ3v) is 2.16. The van der Waals surface area contributed by atoms with E-state index in [1.165, 1.54) is 19.1 Å². The van der Waals surface area contributed by atoms with Gasteiger partial charge >= 0.3 is 0 Å². The van der Waals surface area contributed by atoms with E-state index in [-0.39, 0.29) is 11.5 Å². The third-order valence-electron chi connectivity index (χ3n) is 2.16. The molecule has 0 saturated heterocycles. The van der Waals surface area contributed by atoms with Crippen LogP contribution in [-0.2, 0) is 4.79 Å². The number of nitro benzene ring substituents is 1. The number of nitrogens with zero attached hydrogens (tertiary/aromatic N) is 2. The van der Waals surface area contributed by atoms with Gasteiger partial charge in [0, 0.05) is 38.0 Å². The molecule has 5 nitrogen and oxygen atoms in total. The van der Waals surface area contributed by atoms with Crippen molar-refractivity contribution in [2.24, 2.45) is 0 Å². The van der Waals surface area contributed by atoms with E-state index >= 15 is 0 Å². The zero-order chi connectivity index (χ0) is 13.0. The second-order valence-electron chi connectivity index (χ2n) is 3.87. The number of nitro groups is 1. The molecule has 1 rings (SSSR count). The zero-order valence-corrected chi connectivity index (χ0v) is 10.0. The smallest absolute Gasteiger partial charge is 0.269 e. The molecule has 0 radical (unpaired) electrons. The highest BCUT2D eigenvalue weighted by atomic mass is 16.6. The van der Waals surface area contributed by atoms with Gasteiger partial charge in [0.1, 0.15) is 0 Å². The van der Waals surface area contributed by atoms with Crippen LogP contribution < -0.4 is 0 Å². The Bertz CT molecular complexity index is 461. The molecule has 0 unspecified atom stereocenters. The van der Waals surface area contributed by atoms with Crippen molar-refractivity contribution < 1.29 is 9.72 Å². The van der Waals surface area contributed by atoms with Crippen molar-refractivity contribution in [3.63, 3.8) is 0 Å². The SMILES string of the molecule is CC(=O)C(=CN(C)C)c1ccc([N+](=O)[O-])cc1. The molecule has 0 saturated carbocycles. The minimum atomic E-state index is -0.465. The van der Waals surface area contributed by atoms with E-state index in [0.717, 1.165) is 0 Å². The number of allylic oxidation sites excluding steroid dienone is 1. The van der Waals surface area contributed by atoms with Crippen LogP contribution >= 0.6 is 0 Å². The average Bonchev–Trinajstić information content (AvgIpc) is 2.25. The normalized spacial score (nSPS) is 11.1. The number of ketones is 1. The predicted octanol–water partition coefficient (Wildman–Crippen LogP) is 2.09. The summed E-state index contributed by atoms with van der Waals surface area (Å²) < 4.78 is 0. The Morgan fingerprint density at radius 2 is 1.82 bits per heavy atom. The van der Waals surface area contributed by atoms with Crippen LogP contribution in [0.1, 0.15) is 12.5 Å². The van der Waals surface area contributed by atoms with Crippen LogP contribution in [0.2, 0.25) is 0 Å². The standard InChI is InChI=1S/C12H14N2O3/c1-9(15)12(8-13(2)3)10-4-6-11(7-5-10)14(16)17/h4-8H,1-3H3. The Kier molecular flexibility index (Phi) is 3.98. The molecule has 1 aromatic rings. The summed E-state index contributed by atoms with van der Waals surface area (Å²) in [6.45, 7) is 1.47. The molecule has 0 bridgehead atoms. The number of rotatable bonds is 4. The Morgan fingerprint density at radius 1 is 1.29 bits per heavy atom. The first-order valence-corrected chi connectivity index (χ1v) is 5.06. The summed E-state index contributed by atoms with van der Waals surface area (Å²) in [5, 5.41) is 10.5. The van der Waals surface area contributed by atoms with Crippen LogP contribution in [0, 0.1) is 10.1 Å². The first-order valence-electron chi connectivity index (χ1n) is 5.06. The van der Waals surface area contributed by atoms with Gasteiger partial charge in [0.05, 0.1) is 4.92 Å². The largest absolute Gasteiger partial charge is 0.383 e. The topological polar surface area (TPSA) is 63.5 Å². The molecule has 0 aromatic heterocycles. The Morgan fingerprint density at radius 3 is 2.18 bits per heavy atom. The third kappa shape index (κ3) is 3.41. The molecule has 0 fully saturated rings. The minimum Gasteiger partial charge on any atom is -0.383 e. The summed E-state index contributed by atoms with van der Waals surface area (Å²) in [6.07, 6.45) is 1.70. The number of benzene rings is 1. The van der Waals surface area contributed by atoms with E-state index in [1.807, 2.05) is 14.1 Å². The minimum absolute atomic E-state index is 0.0153. The van der Waals surface area contributed by atoms with Crippen molar-refractivity contribution in [2.75, 3.05) is 14.1 Å². The number of carbonyl (C=O) groups is 1. The van der Waals surface area contributed by atoms with Gasteiger partial charge in [-0.05, 0) is 24.6 Å². The van der Waals surface area contributed by atoms with Gasteiger partial charge in [0.2, 0.25) is 0 Å². The van der Waals surface area contributed by atoms with E-state index < -0.39 is 4.92 Å². The summed E-state index contributed by atoms with van der Waals surface area (Å²) in [6, 6.07) is 5.94. The maximum absolute atomic E-state index is 11.5. The molecule has 0 spiro atoms. The average molecular weight is 234 g/mol. The fraction of sp³-hybridized carbons (Fsp3) is 0.250. The van der Waals surface area contributed by atoms with Crippen molar-refractivity contribution in [3.05, 3.63) is 46.1 Å². The van der Waals surface area contributed by atoms with Crippen LogP contribution in [-0.4, -0.2) is 29.7 Å². The van der Waals surface area contributed by atoms with Gasteiger partial charge in [0.25, 0.3) is 5.69 Å². The van der Waals surface area contributed by atoms with E-state index in [0.29, 0.717) is 11.1 Å². The van der Waals surface area contributed by atoms with Crippen LogP contribution in [0.15, 0.2) is 30.5 Å². The molecule has 0 aliphatic heterocycles. The van der Waals surface area contributed by atoms with E-state index in [1.54, 1.807) is 23.2 Å². The summed E-state index contributed by atoms with van der Waals surface area (Å²) in [5.41, 5.74) is 1.23. The fourth-order valence-electron chi connectivity index (χ4n) is 1.39. The van der Waals surface area contributed by atoms with Crippen molar-refractivity contribution in [3.8, 4) is 0 Å². The van der Waals surface area contributed by atoms with Gasteiger partial charge in [-0.25, -0.2) is 0 Å². The number of Topliss-reactive ketones (excluding diaryl/α,β-unsaturated/α-hetero) is 1. The highest BCUT2D eigenvalue weighted by Gasteiger charge is 2.10. The van der Waals surface area contributed by atoms with Gasteiger partial charge in [-0.15, -0.1) is 0 Å². The second kappa shape index (κ2) is 5.25. The van der Waals surface area contributed by atoms with Crippen molar-refractivity contribution in [2.45, 2.75) is 6.92 Å². The lowest BCUT2D eigenvalue weighted by Gasteiger charge is -2.09. The molecular formula is C12H14N2O3. The maximum atomic E-state index is 11.5. The first kappa shape index (κ1) is 12.9. The molecule has 5 heteroatoms. The second-order valence-corrected chi connectivity index (χ2v) is 3.87. The highest BCUT2D eigenvalue weighted by Crippen LogP contribution is 2.19. The molecule has 0 heterocycles. The number of hydrogen-bond acceptors (Lipinski definition) is 4. The van der Waals surface area contributed by atoms with Gasteiger partial charge in [-0.3, -0.25) is 14.9 Å². The lowest BCUT2D eigenvalue weighted by atomic mass is 10.0. The van der Waals surface area contributed by atoms with Crippen LogP contribution in [0.4, 0.5) is 5.69 Å². The predicted molar refractivity (Wildman–Crippen MR) is 65.4 cm³/mol. The van der Waals surface area contributed by atoms with Crippen LogP contribution in [0.25, 0.3) is 5.57 Å². The molecule has 90 valence electrons. The van der Waals surface area contributed by atoms with Gasteiger partial charge in [0.15, 0.2) is 5.78 Å². The lowest BCUT2D eigenvalue weighted by molar-refractivity contribution is -0.384. The Hall–Kier alpha value is -2.17. The first-order chi connectivity index (χ1) is 7.91. The van der Waals surface area contributed by atoms with Crippen molar-refractivity contribution >= 4 is 17.0 Å². The summed E-state index contributed by atoms with van der Waals surface area (Å²) in [5.74, 6) is -0.0763. The number of carbonyl (C=O) groups excluding carboxylic acids is 1. The van der Waals surface area contributed by atoms with E-state index in [9.17, 15) is 14.9 Å². The van der Waals surface area contributed by atoms with E-state index in [2.05, 4.69) is 0 Å². The van der Waals surface area contributed by atoms with Crippen LogP contribution in [0.3, 0.4) is 0 Å². The van der Waals surface area contributed by atoms with Gasteiger partial charge in [-0.2, -0.15) is 0 Å². The van der Waals surface area contributed by atoms with Gasteiger partial charge < -0.3 is 4.90 Å². The molecule has 0 amide bonds. The molecule has 1 aromatic carbocycles. The van der Waals surface area contributed by atoms with E-state index in [4.69, 9.17) is 0 Å². The zero-order valence-electron chi connectivity index (χ0n) is 10.0. The van der Waals surface area contributed by atoms with Crippen LogP contribution in [0.5, 0.6) is 0 Å². The quantitative estimate of drug-likeness (QED) is 0.454. The number of non-ortho nitro benzene ring substituents is 1. The molecule has 0 N–H and O–H groups in total. The summed E-state index contributed by atoms with van der Waals surface area (Å²) >= 11 is 0.